The number of hydrogen-bond donors (Lipinski definition) is 3. The molecule has 1 atom stereocenters. The lowest BCUT2D eigenvalue weighted by Crippen LogP contribution is -2.47. The predicted octanol–water partition coefficient (Wildman–Crippen LogP) is 3.01. The van der Waals surface area contributed by atoms with Gasteiger partial charge in [0.25, 0.3) is 0 Å². The van der Waals surface area contributed by atoms with Gasteiger partial charge in [-0.25, -0.2) is 0 Å². The molecule has 168 valence electrons. The van der Waals surface area contributed by atoms with Crippen LogP contribution in [0, 0.1) is 5.92 Å². The van der Waals surface area contributed by atoms with E-state index < -0.39 is 0 Å². The number of nitrogens with zero attached hydrogens (tertiary/aromatic N) is 1. The van der Waals surface area contributed by atoms with E-state index in [0.29, 0.717) is 12.8 Å². The Labute approximate surface area is 189 Å². The minimum Gasteiger partial charge on any atom is -0.374 e. The minimum absolute atomic E-state index is 0.184. The lowest BCUT2D eigenvalue weighted by Gasteiger charge is -2.34. The number of rotatable bonds is 5. The smallest absolute Gasteiger partial charge is 0.249 e. The Kier molecular flexibility index (Phi) is 6.12. The van der Waals surface area contributed by atoms with Crippen molar-refractivity contribution >= 4 is 23.2 Å². The number of nitrogens with one attached hydrogen (secondary N) is 3. The molecule has 3 heterocycles. The summed E-state index contributed by atoms with van der Waals surface area (Å²) in [4.78, 5) is 25.7. The van der Waals surface area contributed by atoms with Gasteiger partial charge in [-0.05, 0) is 85.5 Å². The molecule has 2 fully saturated rings. The van der Waals surface area contributed by atoms with Crippen molar-refractivity contribution in [1.82, 2.24) is 10.6 Å². The van der Waals surface area contributed by atoms with E-state index in [1.54, 1.807) is 11.1 Å². The molecule has 5 rings (SSSR count). The zero-order valence-electron chi connectivity index (χ0n) is 18.5. The summed E-state index contributed by atoms with van der Waals surface area (Å²) in [7, 11) is 0. The zero-order valence-corrected chi connectivity index (χ0v) is 18.5. The maximum Gasteiger partial charge on any atom is 0.249 e. The molecule has 0 aliphatic carbocycles. The van der Waals surface area contributed by atoms with E-state index in [0.717, 1.165) is 44.2 Å². The summed E-state index contributed by atoms with van der Waals surface area (Å²) in [5.74, 6) is 0.334. The van der Waals surface area contributed by atoms with Crippen molar-refractivity contribution in [2.75, 3.05) is 29.9 Å². The Morgan fingerprint density at radius 2 is 1.78 bits per heavy atom. The van der Waals surface area contributed by atoms with Gasteiger partial charge >= 0.3 is 0 Å². The van der Waals surface area contributed by atoms with Crippen LogP contribution in [-0.2, 0) is 29.0 Å². The van der Waals surface area contributed by atoms with Crippen molar-refractivity contribution in [3.63, 3.8) is 0 Å². The molecule has 3 aliphatic heterocycles. The van der Waals surface area contributed by atoms with Crippen LogP contribution in [0.5, 0.6) is 0 Å². The number of anilines is 2. The second-order valence-electron chi connectivity index (χ2n) is 9.31. The molecule has 0 bridgehead atoms. The van der Waals surface area contributed by atoms with Crippen LogP contribution in [0.25, 0.3) is 0 Å². The molecule has 6 heteroatoms. The van der Waals surface area contributed by atoms with E-state index in [4.69, 9.17) is 0 Å². The monoisotopic (exact) mass is 432 g/mol. The number of benzene rings is 2. The summed E-state index contributed by atoms with van der Waals surface area (Å²) >= 11 is 0. The van der Waals surface area contributed by atoms with Gasteiger partial charge in [0.15, 0.2) is 0 Å². The summed E-state index contributed by atoms with van der Waals surface area (Å²) in [5.41, 5.74) is 6.79. The Hall–Kier alpha value is -2.86. The van der Waals surface area contributed by atoms with E-state index >= 15 is 0 Å². The van der Waals surface area contributed by atoms with E-state index in [9.17, 15) is 9.59 Å². The number of imide groups is 1. The highest BCUT2D eigenvalue weighted by molar-refractivity contribution is 6.01. The molecule has 3 aliphatic rings. The maximum absolute atomic E-state index is 12.0. The van der Waals surface area contributed by atoms with Gasteiger partial charge in [-0.15, -0.1) is 0 Å². The first-order valence-corrected chi connectivity index (χ1v) is 11.9. The van der Waals surface area contributed by atoms with Crippen molar-refractivity contribution in [3.8, 4) is 0 Å². The molecule has 6 nitrogen and oxygen atoms in total. The molecule has 2 aromatic rings. The number of hydrogen-bond acceptors (Lipinski definition) is 5. The highest BCUT2D eigenvalue weighted by Crippen LogP contribution is 2.29. The van der Waals surface area contributed by atoms with E-state index in [-0.39, 0.29) is 17.9 Å². The summed E-state index contributed by atoms with van der Waals surface area (Å²) in [6.07, 6.45) is 5.73. The number of piperidine rings is 2. The van der Waals surface area contributed by atoms with Gasteiger partial charge in [0.2, 0.25) is 11.8 Å². The van der Waals surface area contributed by atoms with Gasteiger partial charge in [-0.1, -0.05) is 18.2 Å². The molecule has 0 radical (unpaired) electrons. The predicted molar refractivity (Wildman–Crippen MR) is 127 cm³/mol. The Bertz CT molecular complexity index is 980. The molecular weight excluding hydrogens is 400 g/mol. The number of amides is 2. The van der Waals surface area contributed by atoms with Crippen LogP contribution in [0.4, 0.5) is 11.4 Å². The average Bonchev–Trinajstić information content (AvgIpc) is 2.82. The molecule has 1 unspecified atom stereocenters. The second kappa shape index (κ2) is 9.33. The third kappa shape index (κ3) is 4.65. The number of fused-ring (bicyclic) bond motifs is 1. The second-order valence-corrected chi connectivity index (χ2v) is 9.31. The minimum atomic E-state index is -0.339. The van der Waals surface area contributed by atoms with Gasteiger partial charge in [-0.2, -0.15) is 0 Å². The number of carbonyl (C=O) groups is 2. The molecule has 0 aromatic heterocycles. The third-order valence-corrected chi connectivity index (χ3v) is 7.17. The Morgan fingerprint density at radius 3 is 2.56 bits per heavy atom. The third-order valence-electron chi connectivity index (χ3n) is 7.17. The van der Waals surface area contributed by atoms with Gasteiger partial charge in [-0.3, -0.25) is 14.9 Å². The maximum atomic E-state index is 12.0. The van der Waals surface area contributed by atoms with Gasteiger partial charge in [0.05, 0.1) is 0 Å². The quantitative estimate of drug-likeness (QED) is 0.634. The molecule has 0 saturated carbocycles. The fraction of sp³-hybridized carbons (Fsp3) is 0.462. The highest BCUT2D eigenvalue weighted by atomic mass is 16.2. The normalized spacial score (nSPS) is 21.8. The number of carbonyl (C=O) groups excluding carboxylic acids is 2. The first kappa shape index (κ1) is 21.0. The van der Waals surface area contributed by atoms with Crippen LogP contribution in [0.15, 0.2) is 42.5 Å². The molecular formula is C26H32N4O2. The van der Waals surface area contributed by atoms with Gasteiger partial charge in [0, 0.05) is 37.4 Å². The van der Waals surface area contributed by atoms with Gasteiger partial charge in [0.1, 0.15) is 6.04 Å². The van der Waals surface area contributed by atoms with Crippen LogP contribution >= 0.6 is 0 Å². The standard InChI is InChI=1S/C26H32N4O2/c31-25-9-8-24(26(32)29-25)28-21-4-6-22(7-5-21)30-14-11-18(12-15-30)16-19-2-1-3-20-17-27-13-10-23(19)20/h1-7,18,24,27-28H,8-17H2,(H,29,31,32). The average molecular weight is 433 g/mol. The van der Waals surface area contributed by atoms with E-state index in [1.807, 2.05) is 12.1 Å². The fourth-order valence-electron chi connectivity index (χ4n) is 5.31. The lowest BCUT2D eigenvalue weighted by molar-refractivity contribution is -0.133. The van der Waals surface area contributed by atoms with Crippen molar-refractivity contribution in [1.29, 1.82) is 0 Å². The summed E-state index contributed by atoms with van der Waals surface area (Å²) in [6.45, 7) is 4.27. The molecule has 2 saturated heterocycles. The molecule has 2 aromatic carbocycles. The van der Waals surface area contributed by atoms with Crippen LogP contribution in [0.1, 0.15) is 42.4 Å². The molecule has 2 amide bonds. The van der Waals surface area contributed by atoms with Gasteiger partial charge < -0.3 is 15.5 Å². The van der Waals surface area contributed by atoms with Crippen LogP contribution in [0.2, 0.25) is 0 Å². The zero-order chi connectivity index (χ0) is 21.9. The van der Waals surface area contributed by atoms with Crippen LogP contribution < -0.4 is 20.9 Å². The summed E-state index contributed by atoms with van der Waals surface area (Å²) < 4.78 is 0. The highest BCUT2D eigenvalue weighted by Gasteiger charge is 2.26. The summed E-state index contributed by atoms with van der Waals surface area (Å²) in [5, 5.41) is 9.13. The first-order valence-electron chi connectivity index (χ1n) is 11.9. The van der Waals surface area contributed by atoms with Crippen LogP contribution in [-0.4, -0.2) is 37.5 Å². The van der Waals surface area contributed by atoms with Crippen molar-refractivity contribution < 1.29 is 9.59 Å². The van der Waals surface area contributed by atoms with E-state index in [1.165, 1.54) is 30.5 Å². The molecule has 0 spiro atoms. The molecule has 32 heavy (non-hydrogen) atoms. The Balaban J connectivity index is 1.15. The fourth-order valence-corrected chi connectivity index (χ4v) is 5.31. The lowest BCUT2D eigenvalue weighted by atomic mass is 9.85. The Morgan fingerprint density at radius 1 is 0.969 bits per heavy atom. The SMILES string of the molecule is O=C1CCC(Nc2ccc(N3CCC(Cc4cccc5c4CCNC5)CC3)cc2)C(=O)N1. The first-order chi connectivity index (χ1) is 15.7. The largest absolute Gasteiger partial charge is 0.374 e. The van der Waals surface area contributed by atoms with Crippen molar-refractivity contribution in [2.45, 2.75) is 51.1 Å². The van der Waals surface area contributed by atoms with E-state index in [2.05, 4.69) is 51.2 Å². The summed E-state index contributed by atoms with van der Waals surface area (Å²) in [6, 6.07) is 14.8. The topological polar surface area (TPSA) is 73.5 Å². The van der Waals surface area contributed by atoms with Crippen molar-refractivity contribution in [3.05, 3.63) is 59.2 Å². The molecule has 3 N–H and O–H groups in total. The van der Waals surface area contributed by atoms with Crippen molar-refractivity contribution in [2.24, 2.45) is 5.92 Å². The van der Waals surface area contributed by atoms with Crippen LogP contribution in [0.3, 0.4) is 0 Å².